The molecule has 2 unspecified atom stereocenters. The van der Waals surface area contributed by atoms with E-state index in [1.54, 1.807) is 14.2 Å². The summed E-state index contributed by atoms with van der Waals surface area (Å²) in [6.45, 7) is 5.51. The highest BCUT2D eigenvalue weighted by molar-refractivity contribution is 5.40. The Bertz CT molecular complexity index is 409. The molecule has 0 aliphatic heterocycles. The molecule has 0 bridgehead atoms. The Kier molecular flexibility index (Phi) is 5.30. The smallest absolute Gasteiger partial charge is 0.122 e. The van der Waals surface area contributed by atoms with E-state index in [4.69, 9.17) is 9.47 Å². The second-order valence-corrected chi connectivity index (χ2v) is 6.01. The Morgan fingerprint density at radius 1 is 1.10 bits per heavy atom. The largest absolute Gasteiger partial charge is 0.497 e. The van der Waals surface area contributed by atoms with Crippen LogP contribution in [-0.2, 0) is 0 Å². The van der Waals surface area contributed by atoms with Crippen LogP contribution in [0.3, 0.4) is 0 Å². The molecular weight excluding hydrogens is 250 g/mol. The van der Waals surface area contributed by atoms with E-state index in [0.29, 0.717) is 17.9 Å². The molecule has 3 heteroatoms. The lowest BCUT2D eigenvalue weighted by Gasteiger charge is -2.22. The third-order valence-electron chi connectivity index (χ3n) is 4.25. The number of ether oxygens (including phenoxy) is 2. The van der Waals surface area contributed by atoms with Crippen molar-refractivity contribution in [1.82, 2.24) is 5.32 Å². The Balaban J connectivity index is 2.16. The Hall–Kier alpha value is -1.22. The van der Waals surface area contributed by atoms with Gasteiger partial charge in [-0.3, -0.25) is 0 Å². The van der Waals surface area contributed by atoms with Crippen molar-refractivity contribution in [2.75, 3.05) is 20.8 Å². The van der Waals surface area contributed by atoms with Crippen LogP contribution in [0.4, 0.5) is 0 Å². The maximum Gasteiger partial charge on any atom is 0.122 e. The van der Waals surface area contributed by atoms with Gasteiger partial charge in [-0.1, -0.05) is 20.3 Å². The monoisotopic (exact) mass is 277 g/mol. The van der Waals surface area contributed by atoms with Crippen LogP contribution in [0.5, 0.6) is 11.5 Å². The van der Waals surface area contributed by atoms with Gasteiger partial charge in [0.05, 0.1) is 14.2 Å². The minimum atomic E-state index is 0.552. The van der Waals surface area contributed by atoms with Crippen molar-refractivity contribution in [3.63, 3.8) is 0 Å². The van der Waals surface area contributed by atoms with Crippen LogP contribution in [0.1, 0.15) is 44.6 Å². The van der Waals surface area contributed by atoms with Crippen LogP contribution >= 0.6 is 0 Å². The third-order valence-corrected chi connectivity index (χ3v) is 4.25. The van der Waals surface area contributed by atoms with E-state index < -0.39 is 0 Å². The fourth-order valence-electron chi connectivity index (χ4n) is 3.15. The summed E-state index contributed by atoms with van der Waals surface area (Å²) in [4.78, 5) is 0. The lowest BCUT2D eigenvalue weighted by molar-refractivity contribution is 0.387. The summed E-state index contributed by atoms with van der Waals surface area (Å²) < 4.78 is 10.8. The molecule has 2 atom stereocenters. The first-order chi connectivity index (χ1) is 9.63. The van der Waals surface area contributed by atoms with E-state index in [9.17, 15) is 0 Å². The molecule has 1 N–H and O–H groups in total. The molecule has 2 rings (SSSR count). The molecule has 1 aliphatic carbocycles. The molecule has 112 valence electrons. The number of methoxy groups -OCH3 is 2. The SMILES string of the molecule is COc1cc(OC)cc(C2CCCC2CNC(C)C)c1. The number of rotatable bonds is 6. The second-order valence-electron chi connectivity index (χ2n) is 6.01. The summed E-state index contributed by atoms with van der Waals surface area (Å²) in [6, 6.07) is 6.83. The summed E-state index contributed by atoms with van der Waals surface area (Å²) in [6.07, 6.45) is 3.89. The highest BCUT2D eigenvalue weighted by atomic mass is 16.5. The van der Waals surface area contributed by atoms with E-state index in [1.807, 2.05) is 6.07 Å². The van der Waals surface area contributed by atoms with E-state index in [2.05, 4.69) is 31.3 Å². The van der Waals surface area contributed by atoms with Crippen molar-refractivity contribution >= 4 is 0 Å². The lowest BCUT2D eigenvalue weighted by Crippen LogP contribution is -2.30. The number of nitrogens with one attached hydrogen (secondary N) is 1. The fourth-order valence-corrected chi connectivity index (χ4v) is 3.15. The average Bonchev–Trinajstić information content (AvgIpc) is 2.92. The summed E-state index contributed by atoms with van der Waals surface area (Å²) >= 11 is 0. The van der Waals surface area contributed by atoms with Gasteiger partial charge in [-0.2, -0.15) is 0 Å². The van der Waals surface area contributed by atoms with Crippen LogP contribution in [0.15, 0.2) is 18.2 Å². The summed E-state index contributed by atoms with van der Waals surface area (Å²) in [5.74, 6) is 3.11. The zero-order valence-corrected chi connectivity index (χ0v) is 13.1. The first-order valence-electron chi connectivity index (χ1n) is 7.60. The minimum Gasteiger partial charge on any atom is -0.497 e. The standard InChI is InChI=1S/C17H27NO2/c1-12(2)18-11-13-6-5-7-17(13)14-8-15(19-3)10-16(9-14)20-4/h8-10,12-13,17-18H,5-7,11H2,1-4H3. The quantitative estimate of drug-likeness (QED) is 0.862. The van der Waals surface area contributed by atoms with Gasteiger partial charge in [-0.05, 0) is 48.9 Å². The van der Waals surface area contributed by atoms with Gasteiger partial charge < -0.3 is 14.8 Å². The molecule has 3 nitrogen and oxygen atoms in total. The second kappa shape index (κ2) is 6.98. The van der Waals surface area contributed by atoms with E-state index in [1.165, 1.54) is 24.8 Å². The minimum absolute atomic E-state index is 0.552. The summed E-state index contributed by atoms with van der Waals surface area (Å²) in [5, 5.41) is 3.58. The number of benzene rings is 1. The molecule has 0 aromatic heterocycles. The molecule has 0 radical (unpaired) electrons. The van der Waals surface area contributed by atoms with Gasteiger partial charge in [0.15, 0.2) is 0 Å². The fraction of sp³-hybridized carbons (Fsp3) is 0.647. The van der Waals surface area contributed by atoms with Crippen molar-refractivity contribution in [2.45, 2.75) is 45.1 Å². The maximum atomic E-state index is 5.39. The molecular formula is C17H27NO2. The zero-order chi connectivity index (χ0) is 14.5. The molecule has 20 heavy (non-hydrogen) atoms. The molecule has 1 saturated carbocycles. The van der Waals surface area contributed by atoms with E-state index in [0.717, 1.165) is 18.0 Å². The van der Waals surface area contributed by atoms with Crippen LogP contribution in [-0.4, -0.2) is 26.8 Å². The summed E-state index contributed by atoms with van der Waals surface area (Å²) in [7, 11) is 3.43. The highest BCUT2D eigenvalue weighted by Crippen LogP contribution is 2.41. The van der Waals surface area contributed by atoms with Crippen LogP contribution in [0.25, 0.3) is 0 Å². The van der Waals surface area contributed by atoms with Crippen molar-refractivity contribution in [1.29, 1.82) is 0 Å². The van der Waals surface area contributed by atoms with Crippen molar-refractivity contribution < 1.29 is 9.47 Å². The van der Waals surface area contributed by atoms with Gasteiger partial charge in [0.2, 0.25) is 0 Å². The van der Waals surface area contributed by atoms with Crippen molar-refractivity contribution in [3.8, 4) is 11.5 Å². The summed E-state index contributed by atoms with van der Waals surface area (Å²) in [5.41, 5.74) is 1.36. The predicted molar refractivity (Wildman–Crippen MR) is 82.8 cm³/mol. The third kappa shape index (κ3) is 3.66. The Labute approximate surface area is 122 Å². The van der Waals surface area contributed by atoms with Crippen molar-refractivity contribution in [2.24, 2.45) is 5.92 Å². The first-order valence-corrected chi connectivity index (χ1v) is 7.60. The Morgan fingerprint density at radius 2 is 1.75 bits per heavy atom. The molecule has 1 aliphatic rings. The number of hydrogen-bond donors (Lipinski definition) is 1. The first kappa shape index (κ1) is 15.2. The molecule has 1 fully saturated rings. The molecule has 0 spiro atoms. The predicted octanol–water partition coefficient (Wildman–Crippen LogP) is 3.59. The number of hydrogen-bond acceptors (Lipinski definition) is 3. The van der Waals surface area contributed by atoms with Gasteiger partial charge in [0, 0.05) is 12.1 Å². The molecule has 0 amide bonds. The maximum absolute atomic E-state index is 5.39. The van der Waals surface area contributed by atoms with Gasteiger partial charge in [-0.25, -0.2) is 0 Å². The average molecular weight is 277 g/mol. The van der Waals surface area contributed by atoms with Gasteiger partial charge >= 0.3 is 0 Å². The molecule has 1 aromatic rings. The van der Waals surface area contributed by atoms with E-state index >= 15 is 0 Å². The normalized spacial score (nSPS) is 22.2. The highest BCUT2D eigenvalue weighted by Gasteiger charge is 2.29. The van der Waals surface area contributed by atoms with Gasteiger partial charge in [0.1, 0.15) is 11.5 Å². The van der Waals surface area contributed by atoms with Crippen LogP contribution < -0.4 is 14.8 Å². The molecule has 0 saturated heterocycles. The topological polar surface area (TPSA) is 30.5 Å². The van der Waals surface area contributed by atoms with Crippen LogP contribution in [0, 0.1) is 5.92 Å². The Morgan fingerprint density at radius 3 is 2.30 bits per heavy atom. The van der Waals surface area contributed by atoms with Gasteiger partial charge in [0.25, 0.3) is 0 Å². The van der Waals surface area contributed by atoms with E-state index in [-0.39, 0.29) is 0 Å². The lowest BCUT2D eigenvalue weighted by atomic mass is 9.88. The molecule has 0 heterocycles. The van der Waals surface area contributed by atoms with Crippen molar-refractivity contribution in [3.05, 3.63) is 23.8 Å². The molecule has 1 aromatic carbocycles. The zero-order valence-electron chi connectivity index (χ0n) is 13.1. The van der Waals surface area contributed by atoms with Gasteiger partial charge in [-0.15, -0.1) is 0 Å². The van der Waals surface area contributed by atoms with Crippen LogP contribution in [0.2, 0.25) is 0 Å².